The Kier molecular flexibility index (Phi) is 8.21. The predicted octanol–water partition coefficient (Wildman–Crippen LogP) is 4.93. The van der Waals surface area contributed by atoms with Gasteiger partial charge in [-0.15, -0.1) is 0 Å². The van der Waals surface area contributed by atoms with Crippen LogP contribution in [-0.4, -0.2) is 55.0 Å². The minimum absolute atomic E-state index is 0.201. The number of sulfonamides is 1. The molecule has 0 bridgehead atoms. The van der Waals surface area contributed by atoms with E-state index in [0.717, 1.165) is 53.4 Å². The average Bonchev–Trinajstić information content (AvgIpc) is 3.61. The number of piperidine rings is 1. The molecule has 7 nitrogen and oxygen atoms in total. The van der Waals surface area contributed by atoms with E-state index >= 15 is 0 Å². The van der Waals surface area contributed by atoms with Crippen molar-refractivity contribution in [2.75, 3.05) is 25.4 Å². The zero-order valence-electron chi connectivity index (χ0n) is 22.3. The zero-order valence-corrected chi connectivity index (χ0v) is 23.2. The van der Waals surface area contributed by atoms with Gasteiger partial charge in [0.1, 0.15) is 0 Å². The molecule has 3 aromatic rings. The topological polar surface area (TPSA) is 108 Å². The number of nitrogens with one attached hydrogen (secondary N) is 2. The van der Waals surface area contributed by atoms with Crippen LogP contribution in [0.5, 0.6) is 0 Å². The van der Waals surface area contributed by atoms with Crippen LogP contribution in [0.1, 0.15) is 79.3 Å². The first-order valence-electron chi connectivity index (χ1n) is 14.1. The van der Waals surface area contributed by atoms with E-state index in [4.69, 9.17) is 5.73 Å². The molecule has 2 aliphatic rings. The van der Waals surface area contributed by atoms with Crippen molar-refractivity contribution in [1.82, 2.24) is 14.6 Å². The Hall–Kier alpha value is -2.68. The van der Waals surface area contributed by atoms with Gasteiger partial charge in [-0.05, 0) is 85.4 Å². The quantitative estimate of drug-likeness (QED) is 0.319. The number of carbonyl (C=O) groups is 1. The van der Waals surface area contributed by atoms with Crippen LogP contribution in [0.4, 0.5) is 0 Å². The van der Waals surface area contributed by atoms with E-state index in [0.29, 0.717) is 31.1 Å². The Morgan fingerprint density at radius 3 is 2.42 bits per heavy atom. The van der Waals surface area contributed by atoms with Crippen molar-refractivity contribution >= 4 is 26.8 Å². The second-order valence-electron chi connectivity index (χ2n) is 10.9. The maximum atomic E-state index is 13.0. The lowest BCUT2D eigenvalue weighted by atomic mass is 9.88. The molecule has 1 aromatic heterocycles. The van der Waals surface area contributed by atoms with Crippen molar-refractivity contribution in [3.63, 3.8) is 0 Å². The molecule has 8 heteroatoms. The molecule has 204 valence electrons. The summed E-state index contributed by atoms with van der Waals surface area (Å²) >= 11 is 0. The van der Waals surface area contributed by atoms with Gasteiger partial charge in [-0.1, -0.05) is 44.0 Å². The summed E-state index contributed by atoms with van der Waals surface area (Å²) in [5.41, 5.74) is 11.4. The number of rotatable bonds is 10. The molecule has 2 heterocycles. The van der Waals surface area contributed by atoms with Gasteiger partial charge in [0.25, 0.3) is 5.91 Å². The lowest BCUT2D eigenvalue weighted by molar-refractivity contribution is 0.100. The Balaban J connectivity index is 1.28. The van der Waals surface area contributed by atoms with Crippen molar-refractivity contribution in [3.05, 3.63) is 59.3 Å². The van der Waals surface area contributed by atoms with Crippen LogP contribution in [0.3, 0.4) is 0 Å². The van der Waals surface area contributed by atoms with Crippen LogP contribution in [0.15, 0.2) is 42.6 Å². The molecule has 1 aliphatic carbocycles. The monoisotopic (exact) mass is 536 g/mol. The Labute approximate surface area is 226 Å². The van der Waals surface area contributed by atoms with Gasteiger partial charge in [-0.2, -0.15) is 0 Å². The average molecular weight is 537 g/mol. The van der Waals surface area contributed by atoms with Gasteiger partial charge in [0.2, 0.25) is 10.0 Å². The van der Waals surface area contributed by atoms with Crippen LogP contribution >= 0.6 is 0 Å². The van der Waals surface area contributed by atoms with E-state index in [1.54, 1.807) is 4.31 Å². The number of primary amides is 1. The van der Waals surface area contributed by atoms with Crippen LogP contribution < -0.4 is 11.1 Å². The number of H-pyrrole nitrogens is 1. The van der Waals surface area contributed by atoms with Gasteiger partial charge >= 0.3 is 0 Å². The third-order valence-electron chi connectivity index (χ3n) is 8.44. The molecule has 0 atom stereocenters. The smallest absolute Gasteiger partial charge is 0.250 e. The molecule has 0 radical (unpaired) electrons. The minimum Gasteiger partial charge on any atom is -0.366 e. The molecule has 38 heavy (non-hydrogen) atoms. The summed E-state index contributed by atoms with van der Waals surface area (Å²) < 4.78 is 27.7. The van der Waals surface area contributed by atoms with Gasteiger partial charge in [0, 0.05) is 30.7 Å². The van der Waals surface area contributed by atoms with Gasteiger partial charge in [-0.3, -0.25) is 4.79 Å². The maximum absolute atomic E-state index is 13.0. The summed E-state index contributed by atoms with van der Waals surface area (Å²) in [6.45, 7) is 3.94. The summed E-state index contributed by atoms with van der Waals surface area (Å²) in [7, 11) is -3.26. The first kappa shape index (κ1) is 26.9. The SMILES string of the molecule is CCc1ccc(-c2cc(C(N)=O)c3[nH]cc(C4CCN(S(=O)(=O)CCCNC5CCCC5)CC4)c3c2)cc1. The van der Waals surface area contributed by atoms with Crippen molar-refractivity contribution in [3.8, 4) is 11.1 Å². The fourth-order valence-corrected chi connectivity index (χ4v) is 7.68. The number of hydrogen-bond acceptors (Lipinski definition) is 4. The summed E-state index contributed by atoms with van der Waals surface area (Å²) in [6.07, 6.45) is 10.1. The zero-order chi connectivity index (χ0) is 26.7. The number of fused-ring (bicyclic) bond motifs is 1. The predicted molar refractivity (Wildman–Crippen MR) is 154 cm³/mol. The number of aromatic nitrogens is 1. The van der Waals surface area contributed by atoms with Crippen molar-refractivity contribution in [2.45, 2.75) is 70.3 Å². The minimum atomic E-state index is -3.26. The summed E-state index contributed by atoms with van der Waals surface area (Å²) in [6, 6.07) is 13.0. The lowest BCUT2D eigenvalue weighted by Gasteiger charge is -2.31. The molecular formula is C30H40N4O3S. The molecule has 1 saturated carbocycles. The summed E-state index contributed by atoms with van der Waals surface area (Å²) in [5.74, 6) is -0.0384. The number of amides is 1. The second kappa shape index (κ2) is 11.6. The van der Waals surface area contributed by atoms with Gasteiger partial charge in [0.05, 0.1) is 16.8 Å². The Morgan fingerprint density at radius 2 is 1.76 bits per heavy atom. The molecular weight excluding hydrogens is 496 g/mol. The van der Waals surface area contributed by atoms with Crippen LogP contribution in [0.25, 0.3) is 22.0 Å². The molecule has 0 spiro atoms. The maximum Gasteiger partial charge on any atom is 0.250 e. The first-order chi connectivity index (χ1) is 18.4. The van der Waals surface area contributed by atoms with E-state index < -0.39 is 15.9 Å². The van der Waals surface area contributed by atoms with Crippen molar-refractivity contribution in [2.24, 2.45) is 5.73 Å². The number of nitrogens with zero attached hydrogens (tertiary/aromatic N) is 1. The van der Waals surface area contributed by atoms with E-state index in [1.165, 1.54) is 31.2 Å². The van der Waals surface area contributed by atoms with Gasteiger partial charge in [0.15, 0.2) is 0 Å². The Morgan fingerprint density at radius 1 is 1.05 bits per heavy atom. The number of carbonyl (C=O) groups excluding carboxylic acids is 1. The van der Waals surface area contributed by atoms with Crippen molar-refractivity contribution in [1.29, 1.82) is 0 Å². The number of hydrogen-bond donors (Lipinski definition) is 3. The van der Waals surface area contributed by atoms with E-state index in [1.807, 2.05) is 12.3 Å². The Bertz CT molecular complexity index is 1370. The molecule has 2 fully saturated rings. The molecule has 5 rings (SSSR count). The first-order valence-corrected chi connectivity index (χ1v) is 15.7. The molecule has 2 aromatic carbocycles. The second-order valence-corrected chi connectivity index (χ2v) is 13.0. The fourth-order valence-electron chi connectivity index (χ4n) is 6.15. The highest BCUT2D eigenvalue weighted by atomic mass is 32.2. The normalized spacial score (nSPS) is 17.9. The molecule has 1 amide bonds. The molecule has 1 saturated heterocycles. The van der Waals surface area contributed by atoms with E-state index in [9.17, 15) is 13.2 Å². The molecule has 0 unspecified atom stereocenters. The number of benzene rings is 2. The molecule has 4 N–H and O–H groups in total. The van der Waals surface area contributed by atoms with Crippen molar-refractivity contribution < 1.29 is 13.2 Å². The van der Waals surface area contributed by atoms with Crippen LogP contribution in [-0.2, 0) is 16.4 Å². The van der Waals surface area contributed by atoms with Crippen LogP contribution in [0, 0.1) is 0 Å². The van der Waals surface area contributed by atoms with Gasteiger partial charge in [-0.25, -0.2) is 12.7 Å². The van der Waals surface area contributed by atoms with E-state index in [-0.39, 0.29) is 11.7 Å². The van der Waals surface area contributed by atoms with E-state index in [2.05, 4.69) is 47.6 Å². The summed E-state index contributed by atoms with van der Waals surface area (Å²) in [4.78, 5) is 15.6. The number of nitrogens with two attached hydrogens (primary N) is 1. The number of aryl methyl sites for hydroxylation is 1. The highest BCUT2D eigenvalue weighted by molar-refractivity contribution is 7.89. The third-order valence-corrected chi connectivity index (χ3v) is 10.4. The van der Waals surface area contributed by atoms with Crippen LogP contribution in [0.2, 0.25) is 0 Å². The fraction of sp³-hybridized carbons (Fsp3) is 0.500. The third kappa shape index (κ3) is 5.82. The molecule has 1 aliphatic heterocycles. The highest BCUT2D eigenvalue weighted by Crippen LogP contribution is 2.37. The largest absolute Gasteiger partial charge is 0.366 e. The number of aromatic amines is 1. The van der Waals surface area contributed by atoms with Gasteiger partial charge < -0.3 is 16.0 Å². The summed E-state index contributed by atoms with van der Waals surface area (Å²) in [5, 5.41) is 4.51. The lowest BCUT2D eigenvalue weighted by Crippen LogP contribution is -2.40. The highest BCUT2D eigenvalue weighted by Gasteiger charge is 2.30. The standard InChI is InChI=1S/C30H40N4O3S/c1-2-21-8-10-22(11-9-21)24-18-26-28(20-33-29(26)27(19-24)30(31)35)23-12-15-34(16-13-23)38(36,37)17-5-14-32-25-6-3-4-7-25/h8-11,18-20,23,25,32-33H,2-7,12-17H2,1H3,(H2,31,35).